The van der Waals surface area contributed by atoms with E-state index in [-0.39, 0.29) is 46.8 Å². The molecule has 7 atom stereocenters. The third-order valence-electron chi connectivity index (χ3n) is 11.8. The number of ether oxygens (including phenoxy) is 5. The van der Waals surface area contributed by atoms with Crippen molar-refractivity contribution in [3.63, 3.8) is 0 Å². The average Bonchev–Trinajstić information content (AvgIpc) is 3.48. The van der Waals surface area contributed by atoms with Crippen LogP contribution in [0.4, 0.5) is 5.69 Å². The minimum absolute atomic E-state index is 0.0523. The number of carbonyl (C=O) groups is 2. The van der Waals surface area contributed by atoms with Gasteiger partial charge in [-0.1, -0.05) is 36.7 Å². The van der Waals surface area contributed by atoms with Crippen LogP contribution < -0.4 is 19.1 Å². The van der Waals surface area contributed by atoms with E-state index in [4.69, 9.17) is 35.3 Å². The predicted octanol–water partition coefficient (Wildman–Crippen LogP) is 5.79. The summed E-state index contributed by atoms with van der Waals surface area (Å²) < 4.78 is 53.0. The van der Waals surface area contributed by atoms with Gasteiger partial charge in [0.25, 0.3) is 11.8 Å². The number of rotatable bonds is 8. The van der Waals surface area contributed by atoms with Crippen molar-refractivity contribution in [2.45, 2.75) is 56.7 Å². The first-order valence-corrected chi connectivity index (χ1v) is 21.3. The first-order valence-electron chi connectivity index (χ1n) is 19.3. The maximum absolute atomic E-state index is 15.0. The van der Waals surface area contributed by atoms with Crippen LogP contribution in [-0.4, -0.2) is 98.0 Å². The number of carbonyl (C=O) groups excluding carboxylic acids is 2. The topological polar surface area (TPSA) is 143 Å². The lowest BCUT2D eigenvalue weighted by atomic mass is 9.68. The molecule has 13 nitrogen and oxygen atoms in total. The lowest BCUT2D eigenvalue weighted by Crippen LogP contribution is -2.49. The molecule has 1 aromatic heterocycles. The number of halogens is 1. The van der Waals surface area contributed by atoms with Crippen molar-refractivity contribution in [1.29, 1.82) is 0 Å². The monoisotopic (exact) mass is 809 g/mol. The van der Waals surface area contributed by atoms with Crippen molar-refractivity contribution in [2.24, 2.45) is 29.2 Å². The van der Waals surface area contributed by atoms with Crippen LogP contribution in [0.5, 0.6) is 11.6 Å². The Bertz CT molecular complexity index is 2100. The summed E-state index contributed by atoms with van der Waals surface area (Å²) in [6, 6.07) is 11.4. The first kappa shape index (κ1) is 40.3. The number of nitrogens with one attached hydrogen (secondary N) is 1. The summed E-state index contributed by atoms with van der Waals surface area (Å²) >= 11 is 6.48. The highest BCUT2D eigenvalue weighted by molar-refractivity contribution is 7.92. The Morgan fingerprint density at radius 3 is 2.68 bits per heavy atom. The molecule has 1 N–H and O–H groups in total. The van der Waals surface area contributed by atoms with E-state index < -0.39 is 33.8 Å². The van der Waals surface area contributed by atoms with Crippen molar-refractivity contribution in [3.05, 3.63) is 82.0 Å². The van der Waals surface area contributed by atoms with Crippen LogP contribution >= 0.6 is 11.6 Å². The van der Waals surface area contributed by atoms with Crippen molar-refractivity contribution < 1.29 is 37.5 Å². The van der Waals surface area contributed by atoms with E-state index >= 15 is 0 Å². The van der Waals surface area contributed by atoms with Crippen molar-refractivity contribution in [2.75, 3.05) is 64.9 Å². The molecule has 3 aromatic rings. The molecule has 2 bridgehead atoms. The van der Waals surface area contributed by atoms with E-state index in [1.807, 2.05) is 25.1 Å². The molecule has 2 aliphatic carbocycles. The lowest BCUT2D eigenvalue weighted by molar-refractivity contribution is 0.00693. The predicted molar refractivity (Wildman–Crippen MR) is 214 cm³/mol. The number of aryl methyl sites for hydroxylation is 2. The second kappa shape index (κ2) is 16.9. The highest BCUT2D eigenvalue weighted by Crippen LogP contribution is 2.47. The smallest absolute Gasteiger partial charge is 0.286 e. The van der Waals surface area contributed by atoms with Crippen LogP contribution in [0.3, 0.4) is 0 Å². The van der Waals surface area contributed by atoms with Gasteiger partial charge >= 0.3 is 0 Å². The summed E-state index contributed by atoms with van der Waals surface area (Å²) in [5.41, 5.74) is 3.26. The maximum atomic E-state index is 15.0. The molecule has 2 amide bonds. The van der Waals surface area contributed by atoms with Gasteiger partial charge in [0.05, 0.1) is 50.6 Å². The normalized spacial score (nSPS) is 29.5. The van der Waals surface area contributed by atoms with Crippen LogP contribution in [-0.2, 0) is 43.0 Å². The van der Waals surface area contributed by atoms with E-state index in [1.54, 1.807) is 39.5 Å². The second-order valence-corrected chi connectivity index (χ2v) is 18.0. The van der Waals surface area contributed by atoms with Crippen LogP contribution in [0, 0.1) is 17.8 Å². The number of amides is 2. The molecule has 2 aromatic carbocycles. The fourth-order valence-corrected chi connectivity index (χ4v) is 10.9. The standard InChI is InChI=1S/C41H52ClN5O8S/c1-26-23-56(50,45-39(49)32-22-46(2)43-40(32)53-5)44-38(48)28-9-13-37-34(20-28)47(24-41(25-55-37)16-6-7-27-19-30(42)10-12-33(27)41)21-29-8-11-31(29)36(52-4)15-14-35(26)54-18-17-51-3/h9-10,12-15,19-20,22,26,29,31,35-36H,6-8,11,16-18,21,23-25H2,1-5H3,(H,44,45,48,49,50)/b15-14-/t26-,29+,31-,35+,36+,41+,56?/m1/s1. The Hall–Kier alpha value is -3.95. The number of nitrogens with zero attached hydrogens (tertiary/aromatic N) is 4. The van der Waals surface area contributed by atoms with Crippen LogP contribution in [0.15, 0.2) is 59.1 Å². The van der Waals surface area contributed by atoms with E-state index in [0.29, 0.717) is 31.4 Å². The van der Waals surface area contributed by atoms with Gasteiger partial charge in [0.2, 0.25) is 5.88 Å². The van der Waals surface area contributed by atoms with Crippen molar-refractivity contribution >= 4 is 39.0 Å². The van der Waals surface area contributed by atoms with Crippen molar-refractivity contribution in [3.8, 4) is 11.6 Å². The van der Waals surface area contributed by atoms with E-state index in [9.17, 15) is 13.8 Å². The Balaban J connectivity index is 1.33. The third kappa shape index (κ3) is 8.36. The van der Waals surface area contributed by atoms with E-state index in [2.05, 4.69) is 31.2 Å². The van der Waals surface area contributed by atoms with Crippen LogP contribution in [0.25, 0.3) is 0 Å². The molecule has 1 unspecified atom stereocenters. The zero-order valence-electron chi connectivity index (χ0n) is 32.7. The molecule has 0 radical (unpaired) electrons. The molecule has 2 aliphatic heterocycles. The molecule has 0 saturated heterocycles. The third-order valence-corrected chi connectivity index (χ3v) is 13.9. The summed E-state index contributed by atoms with van der Waals surface area (Å²) in [5, 5.41) is 4.89. The Morgan fingerprint density at radius 2 is 1.93 bits per heavy atom. The molecular weight excluding hydrogens is 758 g/mol. The largest absolute Gasteiger partial charge is 0.490 e. The van der Waals surface area contributed by atoms with E-state index in [1.165, 1.54) is 29.1 Å². The molecule has 1 fully saturated rings. The minimum Gasteiger partial charge on any atom is -0.490 e. The number of hydrogen-bond donors (Lipinski definition) is 1. The summed E-state index contributed by atoms with van der Waals surface area (Å²) in [6.07, 6.45) is 9.62. The average molecular weight is 810 g/mol. The molecule has 3 heterocycles. The molecule has 1 spiro atoms. The Morgan fingerprint density at radius 1 is 1.11 bits per heavy atom. The van der Waals surface area contributed by atoms with Gasteiger partial charge in [-0.25, -0.2) is 4.21 Å². The number of methoxy groups -OCH3 is 3. The summed E-state index contributed by atoms with van der Waals surface area (Å²) in [5.74, 6) is -0.850. The number of fused-ring (bicyclic) bond motifs is 4. The van der Waals surface area contributed by atoms with Gasteiger partial charge in [-0.05, 0) is 85.4 Å². The molecule has 302 valence electrons. The SMILES string of the molecule is COCCO[C@H]1/C=C\[C@H](OC)[C@@H]2CC[C@H]2CN2C[C@@]3(CCCc4cc(Cl)ccc43)COc3ccc(cc32)C(=O)N=S(=O)(NC(=O)c2cn(C)nc2OC)C[C@H]1C. The van der Waals surface area contributed by atoms with Gasteiger partial charge < -0.3 is 28.6 Å². The van der Waals surface area contributed by atoms with Gasteiger partial charge in [-0.15, -0.1) is 9.46 Å². The minimum atomic E-state index is -3.77. The van der Waals surface area contributed by atoms with Crippen molar-refractivity contribution in [1.82, 2.24) is 14.5 Å². The number of hydrogen-bond acceptors (Lipinski definition) is 10. The summed E-state index contributed by atoms with van der Waals surface area (Å²) in [4.78, 5) is 30.4. The maximum Gasteiger partial charge on any atom is 0.286 e. The second-order valence-electron chi connectivity index (χ2n) is 15.5. The molecule has 4 aliphatic rings. The van der Waals surface area contributed by atoms with Gasteiger partial charge in [0, 0.05) is 62.5 Å². The van der Waals surface area contributed by atoms with Gasteiger partial charge in [-0.3, -0.25) is 19.0 Å². The van der Waals surface area contributed by atoms with E-state index in [0.717, 1.165) is 49.4 Å². The first-order chi connectivity index (χ1) is 26.9. The molecule has 1 saturated carbocycles. The number of anilines is 1. The number of benzene rings is 2. The Kier molecular flexibility index (Phi) is 12.1. The molecule has 7 rings (SSSR count). The fourth-order valence-electron chi connectivity index (χ4n) is 8.79. The molecule has 15 heteroatoms. The Labute approximate surface area is 334 Å². The fraction of sp³-hybridized carbons (Fsp3) is 0.537. The van der Waals surface area contributed by atoms with Crippen LogP contribution in [0.2, 0.25) is 5.02 Å². The summed E-state index contributed by atoms with van der Waals surface area (Å²) in [6.45, 7) is 4.35. The van der Waals surface area contributed by atoms with Gasteiger partial charge in [0.15, 0.2) is 0 Å². The number of aromatic nitrogens is 2. The molecule has 56 heavy (non-hydrogen) atoms. The highest BCUT2D eigenvalue weighted by atomic mass is 35.5. The zero-order valence-corrected chi connectivity index (χ0v) is 34.3. The van der Waals surface area contributed by atoms with Gasteiger partial charge in [0.1, 0.15) is 21.2 Å². The van der Waals surface area contributed by atoms with Gasteiger partial charge in [-0.2, -0.15) is 0 Å². The lowest BCUT2D eigenvalue weighted by Gasteiger charge is -2.46. The zero-order chi connectivity index (χ0) is 39.6. The quantitative estimate of drug-likeness (QED) is 0.220. The van der Waals surface area contributed by atoms with Crippen LogP contribution in [0.1, 0.15) is 64.4 Å². The summed E-state index contributed by atoms with van der Waals surface area (Å²) in [7, 11) is 2.59. The highest BCUT2D eigenvalue weighted by Gasteiger charge is 2.44. The molecular formula is C41H52ClN5O8S.